The summed E-state index contributed by atoms with van der Waals surface area (Å²) in [7, 11) is 1.66. The summed E-state index contributed by atoms with van der Waals surface area (Å²) in [4.78, 5) is 19.3. The Bertz CT molecular complexity index is 951. The fraction of sp³-hybridized carbons (Fsp3) is 0.500. The first-order chi connectivity index (χ1) is 15.4. The molecule has 32 heavy (non-hydrogen) atoms. The van der Waals surface area contributed by atoms with Crippen molar-refractivity contribution >= 4 is 11.7 Å². The quantitative estimate of drug-likeness (QED) is 0.642. The van der Waals surface area contributed by atoms with Crippen molar-refractivity contribution < 1.29 is 22.7 Å². The summed E-state index contributed by atoms with van der Waals surface area (Å²) in [6.45, 7) is 1.09. The molecule has 172 valence electrons. The van der Waals surface area contributed by atoms with Crippen LogP contribution in [-0.4, -0.2) is 48.1 Å². The van der Waals surface area contributed by atoms with Crippen molar-refractivity contribution in [2.24, 2.45) is 0 Å². The van der Waals surface area contributed by atoms with Crippen LogP contribution in [0.2, 0.25) is 0 Å². The molecule has 0 spiro atoms. The number of urea groups is 1. The number of amides is 2. The maximum Gasteiger partial charge on any atom is 0.321 e. The number of ether oxygens (including phenoxy) is 1. The van der Waals surface area contributed by atoms with E-state index in [0.717, 1.165) is 12.8 Å². The number of benzene rings is 1. The van der Waals surface area contributed by atoms with Gasteiger partial charge in [-0.25, -0.2) is 18.0 Å². The number of anilines is 1. The third-order valence-electron chi connectivity index (χ3n) is 6.54. The molecule has 1 aliphatic carbocycles. The van der Waals surface area contributed by atoms with Crippen molar-refractivity contribution in [1.82, 2.24) is 9.88 Å². The molecule has 0 unspecified atom stereocenters. The lowest BCUT2D eigenvalue weighted by molar-refractivity contribution is -0.0384. The highest BCUT2D eigenvalue weighted by Crippen LogP contribution is 2.44. The molecule has 1 aromatic carbocycles. The summed E-state index contributed by atoms with van der Waals surface area (Å²) >= 11 is 0. The Kier molecular flexibility index (Phi) is 6.69. The molecule has 0 atom stereocenters. The number of pyridine rings is 1. The highest BCUT2D eigenvalue weighted by molar-refractivity contribution is 5.95. The van der Waals surface area contributed by atoms with Crippen molar-refractivity contribution in [3.05, 3.63) is 48.0 Å². The molecule has 2 aliphatic rings. The average Bonchev–Trinajstić information content (AvgIpc) is 2.80. The topological polar surface area (TPSA) is 54.5 Å². The van der Waals surface area contributed by atoms with Crippen molar-refractivity contribution in [3.63, 3.8) is 0 Å². The second-order valence-corrected chi connectivity index (χ2v) is 8.58. The van der Waals surface area contributed by atoms with Gasteiger partial charge in [0.1, 0.15) is 5.82 Å². The van der Waals surface area contributed by atoms with Gasteiger partial charge in [0, 0.05) is 56.3 Å². The number of halogens is 3. The third kappa shape index (κ3) is 4.90. The van der Waals surface area contributed by atoms with Crippen LogP contribution in [0.5, 0.6) is 0 Å². The summed E-state index contributed by atoms with van der Waals surface area (Å²) < 4.78 is 47.5. The first-order valence-electron chi connectivity index (χ1n) is 11.1. The zero-order chi connectivity index (χ0) is 22.7. The SMILES string of the molecule is COC1CCN(C(=O)Nc2c(-c3ccccc3F)ccnc2C2CCC(F)(F)CC2)CC1. The van der Waals surface area contributed by atoms with E-state index in [-0.39, 0.29) is 43.7 Å². The minimum absolute atomic E-state index is 0.130. The van der Waals surface area contributed by atoms with Gasteiger partial charge in [0.2, 0.25) is 5.92 Å². The number of methoxy groups -OCH3 is 1. The molecule has 1 saturated carbocycles. The Labute approximate surface area is 186 Å². The van der Waals surface area contributed by atoms with Crippen LogP contribution in [0.25, 0.3) is 11.1 Å². The summed E-state index contributed by atoms with van der Waals surface area (Å²) in [6.07, 6.45) is 3.26. The summed E-state index contributed by atoms with van der Waals surface area (Å²) in [5, 5.41) is 2.95. The fourth-order valence-electron chi connectivity index (χ4n) is 4.62. The number of aromatic nitrogens is 1. The van der Waals surface area contributed by atoms with Crippen LogP contribution in [0.4, 0.5) is 23.7 Å². The second-order valence-electron chi connectivity index (χ2n) is 8.58. The Hall–Kier alpha value is -2.61. The molecule has 1 N–H and O–H groups in total. The summed E-state index contributed by atoms with van der Waals surface area (Å²) in [5.41, 5.74) is 1.80. The zero-order valence-electron chi connectivity index (χ0n) is 18.1. The van der Waals surface area contributed by atoms with Crippen LogP contribution in [-0.2, 0) is 4.74 Å². The van der Waals surface area contributed by atoms with Gasteiger partial charge < -0.3 is 15.0 Å². The van der Waals surface area contributed by atoms with Crippen LogP contribution in [0.3, 0.4) is 0 Å². The number of likely N-dealkylation sites (tertiary alicyclic amines) is 1. The number of hydrogen-bond acceptors (Lipinski definition) is 3. The molecule has 2 fully saturated rings. The van der Waals surface area contributed by atoms with Gasteiger partial charge in [-0.05, 0) is 37.8 Å². The maximum atomic E-state index is 14.6. The number of piperidine rings is 1. The van der Waals surface area contributed by atoms with E-state index in [0.29, 0.717) is 35.6 Å². The highest BCUT2D eigenvalue weighted by Gasteiger charge is 2.37. The molecule has 1 aromatic heterocycles. The monoisotopic (exact) mass is 447 g/mol. The Morgan fingerprint density at radius 2 is 1.78 bits per heavy atom. The number of alkyl halides is 2. The highest BCUT2D eigenvalue weighted by atomic mass is 19.3. The number of rotatable bonds is 4. The molecular formula is C24H28F3N3O2. The third-order valence-corrected chi connectivity index (χ3v) is 6.54. The fourth-order valence-corrected chi connectivity index (χ4v) is 4.62. The lowest BCUT2D eigenvalue weighted by atomic mass is 9.83. The van der Waals surface area contributed by atoms with Gasteiger partial charge in [-0.1, -0.05) is 18.2 Å². The minimum Gasteiger partial charge on any atom is -0.381 e. The van der Waals surface area contributed by atoms with Gasteiger partial charge >= 0.3 is 6.03 Å². The van der Waals surface area contributed by atoms with Crippen molar-refractivity contribution in [2.75, 3.05) is 25.5 Å². The molecule has 5 nitrogen and oxygen atoms in total. The molecule has 1 aliphatic heterocycles. The normalized spacial score (nSPS) is 19.7. The predicted octanol–water partition coefficient (Wildman–Crippen LogP) is 5.82. The Morgan fingerprint density at radius 3 is 2.44 bits per heavy atom. The van der Waals surface area contributed by atoms with E-state index in [2.05, 4.69) is 10.3 Å². The van der Waals surface area contributed by atoms with Gasteiger partial charge in [0.15, 0.2) is 0 Å². The molecule has 8 heteroatoms. The largest absolute Gasteiger partial charge is 0.381 e. The molecule has 2 aromatic rings. The molecule has 4 rings (SSSR count). The lowest BCUT2D eigenvalue weighted by Gasteiger charge is -2.33. The summed E-state index contributed by atoms with van der Waals surface area (Å²) in [5.74, 6) is -3.32. The van der Waals surface area contributed by atoms with Crippen LogP contribution >= 0.6 is 0 Å². The predicted molar refractivity (Wildman–Crippen MR) is 116 cm³/mol. The molecule has 0 bridgehead atoms. The van der Waals surface area contributed by atoms with Gasteiger partial charge in [0.25, 0.3) is 0 Å². The van der Waals surface area contributed by atoms with E-state index < -0.39 is 11.7 Å². The molecule has 2 amide bonds. The molecule has 2 heterocycles. The van der Waals surface area contributed by atoms with Crippen molar-refractivity contribution in [3.8, 4) is 11.1 Å². The minimum atomic E-state index is -2.67. The smallest absolute Gasteiger partial charge is 0.321 e. The van der Waals surface area contributed by atoms with Crippen molar-refractivity contribution in [2.45, 2.75) is 56.5 Å². The Balaban J connectivity index is 1.66. The molecular weight excluding hydrogens is 419 g/mol. The second kappa shape index (κ2) is 9.48. The maximum absolute atomic E-state index is 14.6. The average molecular weight is 448 g/mol. The Morgan fingerprint density at radius 1 is 1.09 bits per heavy atom. The number of carbonyl (C=O) groups excluding carboxylic acids is 1. The van der Waals surface area contributed by atoms with Crippen LogP contribution < -0.4 is 5.32 Å². The number of hydrogen-bond donors (Lipinski definition) is 1. The van der Waals surface area contributed by atoms with Gasteiger partial charge in [-0.2, -0.15) is 0 Å². The van der Waals surface area contributed by atoms with E-state index in [9.17, 15) is 18.0 Å². The van der Waals surface area contributed by atoms with E-state index in [4.69, 9.17) is 4.74 Å². The first-order valence-corrected chi connectivity index (χ1v) is 11.1. The number of nitrogens with zero attached hydrogens (tertiary/aromatic N) is 2. The van der Waals surface area contributed by atoms with Gasteiger partial charge in [-0.3, -0.25) is 4.98 Å². The zero-order valence-corrected chi connectivity index (χ0v) is 18.1. The van der Waals surface area contributed by atoms with E-state index in [1.165, 1.54) is 6.07 Å². The van der Waals surface area contributed by atoms with E-state index >= 15 is 0 Å². The standard InChI is InChI=1S/C24H28F3N3O2/c1-32-17-9-14-30(15-10-17)23(31)29-22-19(18-4-2-3-5-20(18)25)8-13-28-21(22)16-6-11-24(26,27)12-7-16/h2-5,8,13,16-17H,6-7,9-12,14-15H2,1H3,(H,29,31). The van der Waals surface area contributed by atoms with Crippen LogP contribution in [0.1, 0.15) is 50.1 Å². The van der Waals surface area contributed by atoms with E-state index in [1.807, 2.05) is 0 Å². The number of nitrogens with one attached hydrogen (secondary N) is 1. The van der Waals surface area contributed by atoms with Gasteiger partial charge in [-0.15, -0.1) is 0 Å². The van der Waals surface area contributed by atoms with Crippen LogP contribution in [0.15, 0.2) is 36.5 Å². The van der Waals surface area contributed by atoms with Gasteiger partial charge in [0.05, 0.1) is 17.5 Å². The molecule has 0 radical (unpaired) electrons. The number of carbonyl (C=O) groups is 1. The van der Waals surface area contributed by atoms with Crippen molar-refractivity contribution in [1.29, 1.82) is 0 Å². The summed E-state index contributed by atoms with van der Waals surface area (Å²) in [6, 6.07) is 7.68. The lowest BCUT2D eigenvalue weighted by Crippen LogP contribution is -2.43. The van der Waals surface area contributed by atoms with Crippen LogP contribution in [0, 0.1) is 5.82 Å². The molecule has 1 saturated heterocycles. The van der Waals surface area contributed by atoms with E-state index in [1.54, 1.807) is 42.5 Å². The first kappa shape index (κ1) is 22.6.